The summed E-state index contributed by atoms with van der Waals surface area (Å²) in [5.41, 5.74) is 7.25. The second-order valence-electron chi connectivity index (χ2n) is 5.65. The summed E-state index contributed by atoms with van der Waals surface area (Å²) in [4.78, 5) is 4.19. The SMILES string of the molecule is CCc1c(OC2CCC(N)CC2)ccc2cnccc12. The van der Waals surface area contributed by atoms with Gasteiger partial charge in [-0.25, -0.2) is 0 Å². The number of nitrogens with zero attached hydrogens (tertiary/aromatic N) is 1. The van der Waals surface area contributed by atoms with E-state index >= 15 is 0 Å². The maximum atomic E-state index is 6.26. The molecule has 0 unspecified atom stereocenters. The minimum Gasteiger partial charge on any atom is -0.490 e. The van der Waals surface area contributed by atoms with Gasteiger partial charge >= 0.3 is 0 Å². The third kappa shape index (κ3) is 2.63. The number of hydrogen-bond acceptors (Lipinski definition) is 3. The molecule has 106 valence electrons. The van der Waals surface area contributed by atoms with Crippen molar-refractivity contribution in [1.29, 1.82) is 0 Å². The fourth-order valence-corrected chi connectivity index (χ4v) is 3.07. The number of benzene rings is 1. The second-order valence-corrected chi connectivity index (χ2v) is 5.65. The van der Waals surface area contributed by atoms with E-state index in [1.54, 1.807) is 0 Å². The van der Waals surface area contributed by atoms with E-state index in [4.69, 9.17) is 10.5 Å². The quantitative estimate of drug-likeness (QED) is 0.929. The Kier molecular flexibility index (Phi) is 3.88. The Hall–Kier alpha value is -1.61. The zero-order valence-corrected chi connectivity index (χ0v) is 12.0. The predicted molar refractivity (Wildman–Crippen MR) is 82.0 cm³/mol. The van der Waals surface area contributed by atoms with Crippen molar-refractivity contribution >= 4 is 10.8 Å². The van der Waals surface area contributed by atoms with Crippen LogP contribution >= 0.6 is 0 Å². The van der Waals surface area contributed by atoms with Gasteiger partial charge in [0.2, 0.25) is 0 Å². The Balaban J connectivity index is 1.87. The first-order valence-corrected chi connectivity index (χ1v) is 7.55. The number of aryl methyl sites for hydroxylation is 1. The predicted octanol–water partition coefficient (Wildman–Crippen LogP) is 3.45. The number of ether oxygens (including phenoxy) is 1. The minimum absolute atomic E-state index is 0.319. The van der Waals surface area contributed by atoms with E-state index in [-0.39, 0.29) is 0 Å². The first kappa shape index (κ1) is 13.4. The molecule has 0 saturated heterocycles. The molecule has 1 aromatic carbocycles. The molecular formula is C17H22N2O. The molecule has 1 aliphatic rings. The molecular weight excluding hydrogens is 248 g/mol. The van der Waals surface area contributed by atoms with E-state index in [0.29, 0.717) is 12.1 Å². The lowest BCUT2D eigenvalue weighted by Gasteiger charge is -2.27. The summed E-state index contributed by atoms with van der Waals surface area (Å²) in [6.07, 6.45) is 9.34. The number of nitrogens with two attached hydrogens (primary N) is 1. The molecule has 3 nitrogen and oxygen atoms in total. The van der Waals surface area contributed by atoms with Crippen LogP contribution in [-0.2, 0) is 6.42 Å². The molecule has 0 aliphatic heterocycles. The number of pyridine rings is 1. The highest BCUT2D eigenvalue weighted by atomic mass is 16.5. The zero-order valence-electron chi connectivity index (χ0n) is 12.0. The highest BCUT2D eigenvalue weighted by Crippen LogP contribution is 2.31. The summed E-state index contributed by atoms with van der Waals surface area (Å²) in [6.45, 7) is 2.18. The van der Waals surface area contributed by atoms with Gasteiger partial charge in [-0.1, -0.05) is 6.92 Å². The van der Waals surface area contributed by atoms with E-state index in [0.717, 1.165) is 37.9 Å². The normalized spacial score (nSPS) is 22.9. The number of fused-ring (bicyclic) bond motifs is 1. The summed E-state index contributed by atoms with van der Waals surface area (Å²) in [6, 6.07) is 6.64. The maximum absolute atomic E-state index is 6.26. The summed E-state index contributed by atoms with van der Waals surface area (Å²) >= 11 is 0. The minimum atomic E-state index is 0.319. The lowest BCUT2D eigenvalue weighted by Crippen LogP contribution is -2.31. The van der Waals surface area contributed by atoms with E-state index < -0.39 is 0 Å². The summed E-state index contributed by atoms with van der Waals surface area (Å²) in [5, 5.41) is 2.44. The van der Waals surface area contributed by atoms with Crippen molar-refractivity contribution in [1.82, 2.24) is 4.98 Å². The van der Waals surface area contributed by atoms with Gasteiger partial charge < -0.3 is 10.5 Å². The Morgan fingerprint density at radius 2 is 2.00 bits per heavy atom. The van der Waals surface area contributed by atoms with Gasteiger partial charge in [-0.3, -0.25) is 4.98 Å². The van der Waals surface area contributed by atoms with E-state index in [9.17, 15) is 0 Å². The molecule has 1 saturated carbocycles. The van der Waals surface area contributed by atoms with E-state index in [1.165, 1.54) is 16.3 Å². The van der Waals surface area contributed by atoms with Crippen LogP contribution < -0.4 is 10.5 Å². The molecule has 0 amide bonds. The average molecular weight is 270 g/mol. The van der Waals surface area contributed by atoms with Crippen LogP contribution in [0.1, 0.15) is 38.2 Å². The van der Waals surface area contributed by atoms with Gasteiger partial charge in [-0.2, -0.15) is 0 Å². The summed E-state index contributed by atoms with van der Waals surface area (Å²) in [7, 11) is 0. The largest absolute Gasteiger partial charge is 0.490 e. The fourth-order valence-electron chi connectivity index (χ4n) is 3.07. The topological polar surface area (TPSA) is 48.1 Å². The van der Waals surface area contributed by atoms with E-state index in [2.05, 4.69) is 30.1 Å². The van der Waals surface area contributed by atoms with Crippen LogP contribution in [0.25, 0.3) is 10.8 Å². The van der Waals surface area contributed by atoms with Crippen LogP contribution in [0.15, 0.2) is 30.6 Å². The van der Waals surface area contributed by atoms with Crippen molar-refractivity contribution in [3.63, 3.8) is 0 Å². The molecule has 20 heavy (non-hydrogen) atoms. The van der Waals surface area contributed by atoms with Gasteiger partial charge in [0.1, 0.15) is 5.75 Å². The van der Waals surface area contributed by atoms with Gasteiger partial charge in [-0.05, 0) is 55.7 Å². The monoisotopic (exact) mass is 270 g/mol. The van der Waals surface area contributed by atoms with Gasteiger partial charge in [0.05, 0.1) is 6.10 Å². The Labute approximate surface area is 120 Å². The van der Waals surface area contributed by atoms with Crippen molar-refractivity contribution < 1.29 is 4.74 Å². The Bertz CT molecular complexity index is 589. The first-order chi connectivity index (χ1) is 9.78. The van der Waals surface area contributed by atoms with Crippen LogP contribution in [0.2, 0.25) is 0 Å². The third-order valence-electron chi connectivity index (χ3n) is 4.25. The average Bonchev–Trinajstić information content (AvgIpc) is 2.49. The standard InChI is InChI=1S/C17H22N2O/c1-2-15-16-9-10-19-11-12(16)3-8-17(15)20-14-6-4-13(18)5-7-14/h3,8-11,13-14H,2,4-7,18H2,1H3. The Morgan fingerprint density at radius 1 is 1.20 bits per heavy atom. The van der Waals surface area contributed by atoms with Crippen LogP contribution in [0.5, 0.6) is 5.75 Å². The van der Waals surface area contributed by atoms with Crippen LogP contribution in [0.3, 0.4) is 0 Å². The molecule has 0 radical (unpaired) electrons. The molecule has 0 spiro atoms. The van der Waals surface area contributed by atoms with Crippen LogP contribution in [-0.4, -0.2) is 17.1 Å². The molecule has 1 heterocycles. The molecule has 0 atom stereocenters. The zero-order chi connectivity index (χ0) is 13.9. The summed E-state index contributed by atoms with van der Waals surface area (Å²) < 4.78 is 6.26. The smallest absolute Gasteiger partial charge is 0.123 e. The highest BCUT2D eigenvalue weighted by molar-refractivity contribution is 5.86. The van der Waals surface area contributed by atoms with Crippen molar-refractivity contribution in [2.24, 2.45) is 5.73 Å². The number of rotatable bonds is 3. The molecule has 1 aliphatic carbocycles. The lowest BCUT2D eigenvalue weighted by molar-refractivity contribution is 0.146. The van der Waals surface area contributed by atoms with Crippen molar-refractivity contribution in [3.05, 3.63) is 36.2 Å². The molecule has 3 heteroatoms. The lowest BCUT2D eigenvalue weighted by atomic mass is 9.93. The van der Waals surface area contributed by atoms with E-state index in [1.807, 2.05) is 12.4 Å². The number of aromatic nitrogens is 1. The molecule has 2 aromatic rings. The number of hydrogen-bond donors (Lipinski definition) is 1. The maximum Gasteiger partial charge on any atom is 0.123 e. The summed E-state index contributed by atoms with van der Waals surface area (Å²) in [5.74, 6) is 1.03. The van der Waals surface area contributed by atoms with Crippen LogP contribution in [0.4, 0.5) is 0 Å². The van der Waals surface area contributed by atoms with Crippen molar-refractivity contribution in [3.8, 4) is 5.75 Å². The second kappa shape index (κ2) is 5.80. The van der Waals surface area contributed by atoms with Crippen molar-refractivity contribution in [2.75, 3.05) is 0 Å². The third-order valence-corrected chi connectivity index (χ3v) is 4.25. The Morgan fingerprint density at radius 3 is 2.75 bits per heavy atom. The fraction of sp³-hybridized carbons (Fsp3) is 0.471. The molecule has 0 bridgehead atoms. The molecule has 3 rings (SSSR count). The van der Waals surface area contributed by atoms with Crippen LogP contribution in [0, 0.1) is 0 Å². The van der Waals surface area contributed by atoms with Gasteiger partial charge in [-0.15, -0.1) is 0 Å². The first-order valence-electron chi connectivity index (χ1n) is 7.55. The molecule has 2 N–H and O–H groups in total. The van der Waals surface area contributed by atoms with Gasteiger partial charge in [0.25, 0.3) is 0 Å². The van der Waals surface area contributed by atoms with Gasteiger partial charge in [0, 0.05) is 29.4 Å². The van der Waals surface area contributed by atoms with Crippen molar-refractivity contribution in [2.45, 2.75) is 51.2 Å². The highest BCUT2D eigenvalue weighted by Gasteiger charge is 2.21. The molecule has 1 fully saturated rings. The molecule has 1 aromatic heterocycles. The van der Waals surface area contributed by atoms with Gasteiger partial charge in [0.15, 0.2) is 0 Å².